The number of methoxy groups -OCH3 is 1. The Hall–Kier alpha value is -4.02. The summed E-state index contributed by atoms with van der Waals surface area (Å²) in [7, 11) is 3.64. The molecule has 9 nitrogen and oxygen atoms in total. The minimum absolute atomic E-state index is 0.389. The first-order valence-corrected chi connectivity index (χ1v) is 15.6. The lowest BCUT2D eigenvalue weighted by Gasteiger charge is -2.22. The van der Waals surface area contributed by atoms with Crippen LogP contribution < -0.4 is 25.0 Å². The Morgan fingerprint density at radius 3 is 2.70 bits per heavy atom. The minimum Gasteiger partial charge on any atom is -0.493 e. The van der Waals surface area contributed by atoms with Crippen molar-refractivity contribution in [2.75, 3.05) is 55.2 Å². The van der Waals surface area contributed by atoms with E-state index >= 15 is 0 Å². The Kier molecular flexibility index (Phi) is 9.89. The van der Waals surface area contributed by atoms with Gasteiger partial charge in [-0.1, -0.05) is 20.4 Å². The van der Waals surface area contributed by atoms with Gasteiger partial charge in [-0.3, -0.25) is 0 Å². The number of rotatable bonds is 15. The Labute approximate surface area is 258 Å². The summed E-state index contributed by atoms with van der Waals surface area (Å²) < 4.78 is 17.7. The molecule has 1 aliphatic heterocycles. The molecule has 3 heterocycles. The number of hydrogen-bond donors (Lipinski definition) is 2. The van der Waals surface area contributed by atoms with Gasteiger partial charge in [0.05, 0.1) is 25.8 Å². The Morgan fingerprint density at radius 1 is 1.14 bits per heavy atom. The van der Waals surface area contributed by atoms with Gasteiger partial charge in [0, 0.05) is 42.0 Å². The quantitative estimate of drug-likeness (QED) is 0.105. The molecule has 2 N–H and O–H groups in total. The van der Waals surface area contributed by atoms with Crippen molar-refractivity contribution in [3.8, 4) is 17.2 Å². The van der Waals surface area contributed by atoms with Gasteiger partial charge >= 0.3 is 0 Å². The van der Waals surface area contributed by atoms with Gasteiger partial charge in [0.2, 0.25) is 0 Å². The van der Waals surface area contributed by atoms with Crippen molar-refractivity contribution in [1.29, 1.82) is 0 Å². The zero-order valence-electron chi connectivity index (χ0n) is 25.5. The summed E-state index contributed by atoms with van der Waals surface area (Å²) in [4.78, 5) is 15.8. The van der Waals surface area contributed by atoms with Gasteiger partial charge in [-0.2, -0.15) is 11.8 Å². The topological polar surface area (TPSA) is 93.7 Å². The predicted molar refractivity (Wildman–Crippen MR) is 178 cm³/mol. The highest BCUT2D eigenvalue weighted by atomic mass is 32.2. The molecule has 2 atom stereocenters. The summed E-state index contributed by atoms with van der Waals surface area (Å²) in [5.74, 6) is 5.02. The van der Waals surface area contributed by atoms with Crippen molar-refractivity contribution in [1.82, 2.24) is 15.0 Å². The largest absolute Gasteiger partial charge is 0.493 e. The minimum atomic E-state index is 0.389. The number of aryl methyl sites for hydroxylation is 1. The van der Waals surface area contributed by atoms with Crippen molar-refractivity contribution >= 4 is 45.8 Å². The SMILES string of the molecule is C=CN(C)c1ccc(Oc2ccc(Nc3ncnc4cc(OC)c(NCCOCC5CS5)nc34)cc2C)cc1C(C)CC. The van der Waals surface area contributed by atoms with Crippen LogP contribution in [0.1, 0.15) is 37.3 Å². The Morgan fingerprint density at radius 2 is 1.98 bits per heavy atom. The van der Waals surface area contributed by atoms with Crippen LogP contribution in [-0.4, -0.2) is 59.9 Å². The van der Waals surface area contributed by atoms with Crippen LogP contribution in [0.25, 0.3) is 11.0 Å². The molecular formula is C33H40N6O3S. The molecular weight excluding hydrogens is 560 g/mol. The molecule has 0 aliphatic carbocycles. The average Bonchev–Trinajstić information content (AvgIpc) is 3.85. The van der Waals surface area contributed by atoms with Crippen LogP contribution in [0.5, 0.6) is 17.2 Å². The standard InChI is InChI=1S/C33H40N6O3S/c1-7-21(3)26-16-24(10-11-28(26)39(5)8-2)42-29-12-9-23(15-22(29)4)37-33-31-27(35-20-36-33)17-30(40-6)32(38-31)34-13-14-41-18-25-19-43-25/h8-12,15-17,20-21,25H,2,7,13-14,18-19H2,1,3-6H3,(H,34,38)(H,35,36,37). The van der Waals surface area contributed by atoms with E-state index in [2.05, 4.69) is 53.2 Å². The van der Waals surface area contributed by atoms with Crippen LogP contribution in [0, 0.1) is 6.92 Å². The van der Waals surface area contributed by atoms with E-state index in [4.69, 9.17) is 19.2 Å². The number of nitrogens with zero attached hydrogens (tertiary/aromatic N) is 4. The highest BCUT2D eigenvalue weighted by Gasteiger charge is 2.22. The van der Waals surface area contributed by atoms with Gasteiger partial charge < -0.3 is 29.7 Å². The van der Waals surface area contributed by atoms with E-state index in [0.717, 1.165) is 41.5 Å². The zero-order valence-corrected chi connectivity index (χ0v) is 26.3. The number of aromatic nitrogens is 3. The van der Waals surface area contributed by atoms with Crippen molar-refractivity contribution < 1.29 is 14.2 Å². The predicted octanol–water partition coefficient (Wildman–Crippen LogP) is 7.51. The van der Waals surface area contributed by atoms with E-state index in [1.54, 1.807) is 7.11 Å². The van der Waals surface area contributed by atoms with Crippen LogP contribution in [-0.2, 0) is 4.74 Å². The summed E-state index contributed by atoms with van der Waals surface area (Å²) in [6, 6.07) is 14.1. The first kappa shape index (κ1) is 30.4. The average molecular weight is 601 g/mol. The van der Waals surface area contributed by atoms with Crippen LogP contribution in [0.2, 0.25) is 0 Å². The normalized spacial score (nSPS) is 14.7. The molecule has 0 bridgehead atoms. The zero-order chi connectivity index (χ0) is 30.3. The lowest BCUT2D eigenvalue weighted by molar-refractivity contribution is 0.152. The molecule has 2 aromatic heterocycles. The first-order valence-electron chi connectivity index (χ1n) is 14.6. The van der Waals surface area contributed by atoms with Crippen LogP contribution >= 0.6 is 11.8 Å². The molecule has 43 heavy (non-hydrogen) atoms. The summed E-state index contributed by atoms with van der Waals surface area (Å²) in [6.07, 6.45) is 4.38. The molecule has 0 spiro atoms. The number of thioether (sulfide) groups is 1. The van der Waals surface area contributed by atoms with Gasteiger partial charge in [-0.25, -0.2) is 15.0 Å². The maximum atomic E-state index is 6.36. The van der Waals surface area contributed by atoms with Crippen LogP contribution in [0.3, 0.4) is 0 Å². The van der Waals surface area contributed by atoms with E-state index in [9.17, 15) is 0 Å². The highest BCUT2D eigenvalue weighted by Crippen LogP contribution is 2.36. The molecule has 2 unspecified atom stereocenters. The number of benzene rings is 2. The van der Waals surface area contributed by atoms with Gasteiger partial charge in [-0.05, 0) is 73.0 Å². The maximum absolute atomic E-state index is 6.36. The molecule has 5 rings (SSSR count). The number of fused-ring (bicyclic) bond motifs is 1. The van der Waals surface area contributed by atoms with Crippen LogP contribution in [0.15, 0.2) is 61.6 Å². The molecule has 226 valence electrons. The third-order valence-corrected chi connectivity index (χ3v) is 8.44. The maximum Gasteiger partial charge on any atom is 0.169 e. The molecule has 1 aliphatic rings. The second-order valence-electron chi connectivity index (χ2n) is 10.6. The molecule has 0 amide bonds. The monoisotopic (exact) mass is 600 g/mol. The van der Waals surface area contributed by atoms with Crippen molar-refractivity contribution in [2.45, 2.75) is 38.4 Å². The first-order chi connectivity index (χ1) is 20.9. The Bertz CT molecular complexity index is 1580. The van der Waals surface area contributed by atoms with E-state index in [1.807, 2.05) is 67.2 Å². The lowest BCUT2D eigenvalue weighted by atomic mass is 9.96. The highest BCUT2D eigenvalue weighted by molar-refractivity contribution is 8.06. The van der Waals surface area contributed by atoms with Crippen molar-refractivity contribution in [3.63, 3.8) is 0 Å². The number of anilines is 4. The fourth-order valence-electron chi connectivity index (χ4n) is 4.70. The van der Waals surface area contributed by atoms with E-state index < -0.39 is 0 Å². The number of hydrogen-bond acceptors (Lipinski definition) is 10. The second-order valence-corrected chi connectivity index (χ2v) is 12.0. The molecule has 0 saturated carbocycles. The van der Waals surface area contributed by atoms with Gasteiger partial charge in [0.1, 0.15) is 23.3 Å². The summed E-state index contributed by atoms with van der Waals surface area (Å²) in [5, 5.41) is 7.41. The Balaban J connectivity index is 1.32. The molecule has 1 saturated heterocycles. The van der Waals surface area contributed by atoms with Gasteiger partial charge in [0.25, 0.3) is 0 Å². The fourth-order valence-corrected chi connectivity index (χ4v) is 5.12. The molecule has 0 radical (unpaired) electrons. The lowest BCUT2D eigenvalue weighted by Crippen LogP contribution is -2.13. The van der Waals surface area contributed by atoms with E-state index in [-0.39, 0.29) is 0 Å². The summed E-state index contributed by atoms with van der Waals surface area (Å²) in [6.45, 7) is 12.4. The fraction of sp³-hybridized carbons (Fsp3) is 0.364. The number of ether oxygens (including phenoxy) is 3. The number of nitrogens with one attached hydrogen (secondary N) is 2. The van der Waals surface area contributed by atoms with E-state index in [1.165, 1.54) is 17.6 Å². The third kappa shape index (κ3) is 7.50. The molecule has 4 aromatic rings. The number of pyridine rings is 1. The second kappa shape index (κ2) is 14.0. The van der Waals surface area contributed by atoms with Gasteiger partial charge in [-0.15, -0.1) is 0 Å². The smallest absolute Gasteiger partial charge is 0.169 e. The summed E-state index contributed by atoms with van der Waals surface area (Å²) in [5.41, 5.74) is 5.55. The molecule has 1 fully saturated rings. The summed E-state index contributed by atoms with van der Waals surface area (Å²) >= 11 is 1.93. The van der Waals surface area contributed by atoms with Gasteiger partial charge in [0.15, 0.2) is 17.4 Å². The van der Waals surface area contributed by atoms with Crippen LogP contribution in [0.4, 0.5) is 23.0 Å². The third-order valence-electron chi connectivity index (χ3n) is 7.50. The molecule has 2 aromatic carbocycles. The van der Waals surface area contributed by atoms with Crippen molar-refractivity contribution in [2.24, 2.45) is 0 Å². The van der Waals surface area contributed by atoms with Crippen molar-refractivity contribution in [3.05, 3.63) is 72.7 Å². The van der Waals surface area contributed by atoms with E-state index in [0.29, 0.717) is 52.7 Å². The molecule has 10 heteroatoms.